The minimum absolute atomic E-state index is 0.108. The summed E-state index contributed by atoms with van der Waals surface area (Å²) < 4.78 is 5.78. The molecule has 0 heterocycles. The van der Waals surface area contributed by atoms with Crippen molar-refractivity contribution in [1.82, 2.24) is 0 Å². The summed E-state index contributed by atoms with van der Waals surface area (Å²) in [6.07, 6.45) is 4.93. The van der Waals surface area contributed by atoms with E-state index in [0.29, 0.717) is 0 Å². The maximum atomic E-state index is 12.2. The van der Waals surface area contributed by atoms with Gasteiger partial charge in [-0.2, -0.15) is 0 Å². The van der Waals surface area contributed by atoms with Crippen LogP contribution in [0.3, 0.4) is 0 Å². The van der Waals surface area contributed by atoms with Gasteiger partial charge >= 0.3 is 0 Å². The molecule has 19 heavy (non-hydrogen) atoms. The van der Waals surface area contributed by atoms with Gasteiger partial charge in [-0.1, -0.05) is 30.7 Å². The van der Waals surface area contributed by atoms with Crippen molar-refractivity contribution in [1.29, 1.82) is 0 Å². The van der Waals surface area contributed by atoms with Crippen LogP contribution in [0, 0.1) is 19.8 Å². The molecule has 0 amide bonds. The van der Waals surface area contributed by atoms with Gasteiger partial charge in [-0.15, -0.1) is 0 Å². The molecule has 0 radical (unpaired) electrons. The normalized spacial score (nSPS) is 23.3. The summed E-state index contributed by atoms with van der Waals surface area (Å²) in [6.45, 7) is 6.55. The fourth-order valence-corrected chi connectivity index (χ4v) is 2.79. The summed E-state index contributed by atoms with van der Waals surface area (Å²) in [5.41, 5.74) is 3.04. The maximum Gasteiger partial charge on any atom is 0.188 e. The number of hydrogen-bond acceptors (Lipinski definition) is 2. The van der Waals surface area contributed by atoms with E-state index in [0.717, 1.165) is 29.9 Å². The van der Waals surface area contributed by atoms with E-state index in [4.69, 9.17) is 4.74 Å². The lowest BCUT2D eigenvalue weighted by molar-refractivity contribution is 0.0217. The van der Waals surface area contributed by atoms with Crippen LogP contribution in [0.15, 0.2) is 18.2 Å². The molecular weight excluding hydrogens is 236 g/mol. The highest BCUT2D eigenvalue weighted by Crippen LogP contribution is 2.25. The zero-order valence-corrected chi connectivity index (χ0v) is 12.2. The minimum Gasteiger partial charge on any atom is -0.370 e. The molecule has 0 saturated heterocycles. The van der Waals surface area contributed by atoms with E-state index in [1.54, 1.807) is 0 Å². The first-order valence-electron chi connectivity index (χ1n) is 7.28. The summed E-state index contributed by atoms with van der Waals surface area (Å²) in [5, 5.41) is 0. The number of hydrogen-bond donors (Lipinski definition) is 0. The Kier molecular flexibility index (Phi) is 4.76. The average molecular weight is 260 g/mol. The number of aryl methyl sites for hydroxylation is 2. The molecule has 1 aliphatic carbocycles. The minimum atomic E-state index is 0.108. The molecule has 0 spiro atoms. The van der Waals surface area contributed by atoms with E-state index in [1.165, 1.54) is 18.4 Å². The lowest BCUT2D eigenvalue weighted by Gasteiger charge is -2.26. The third-order valence-electron chi connectivity index (χ3n) is 4.10. The van der Waals surface area contributed by atoms with Crippen LogP contribution in [-0.4, -0.2) is 18.5 Å². The van der Waals surface area contributed by atoms with Crippen LogP contribution in [0.4, 0.5) is 0 Å². The van der Waals surface area contributed by atoms with Crippen molar-refractivity contribution in [3.63, 3.8) is 0 Å². The molecule has 2 heteroatoms. The zero-order valence-electron chi connectivity index (χ0n) is 12.2. The van der Waals surface area contributed by atoms with Crippen LogP contribution in [0.2, 0.25) is 0 Å². The van der Waals surface area contributed by atoms with Gasteiger partial charge in [0.1, 0.15) is 6.61 Å². The third kappa shape index (κ3) is 3.90. The summed E-state index contributed by atoms with van der Waals surface area (Å²) in [7, 11) is 0. The highest BCUT2D eigenvalue weighted by molar-refractivity contribution is 5.98. The first-order chi connectivity index (χ1) is 9.06. The molecule has 104 valence electrons. The monoisotopic (exact) mass is 260 g/mol. The van der Waals surface area contributed by atoms with Crippen LogP contribution in [0.25, 0.3) is 0 Å². The molecular formula is C17H24O2. The number of benzene rings is 1. The van der Waals surface area contributed by atoms with E-state index in [2.05, 4.69) is 13.0 Å². The van der Waals surface area contributed by atoms with Gasteiger partial charge < -0.3 is 4.74 Å². The van der Waals surface area contributed by atoms with Crippen molar-refractivity contribution in [2.75, 3.05) is 6.61 Å². The van der Waals surface area contributed by atoms with Gasteiger partial charge in [-0.05, 0) is 51.0 Å². The fourth-order valence-electron chi connectivity index (χ4n) is 2.79. The summed E-state index contributed by atoms with van der Waals surface area (Å²) in [6, 6.07) is 5.96. The molecule has 2 nitrogen and oxygen atoms in total. The Morgan fingerprint density at radius 1 is 1.21 bits per heavy atom. The molecule has 1 saturated carbocycles. The van der Waals surface area contributed by atoms with E-state index in [-0.39, 0.29) is 18.5 Å². The van der Waals surface area contributed by atoms with Crippen molar-refractivity contribution < 1.29 is 9.53 Å². The highest BCUT2D eigenvalue weighted by Gasteiger charge is 2.20. The van der Waals surface area contributed by atoms with Crippen molar-refractivity contribution in [3.8, 4) is 0 Å². The first kappa shape index (κ1) is 14.3. The summed E-state index contributed by atoms with van der Waals surface area (Å²) >= 11 is 0. The Morgan fingerprint density at radius 3 is 2.53 bits per heavy atom. The van der Waals surface area contributed by atoms with E-state index < -0.39 is 0 Å². The van der Waals surface area contributed by atoms with E-state index in [1.807, 2.05) is 26.0 Å². The molecule has 1 aliphatic rings. The van der Waals surface area contributed by atoms with E-state index >= 15 is 0 Å². The Bertz CT molecular complexity index is 443. The molecule has 0 N–H and O–H groups in total. The Morgan fingerprint density at radius 2 is 1.89 bits per heavy atom. The van der Waals surface area contributed by atoms with Crippen LogP contribution in [0.1, 0.15) is 54.1 Å². The lowest BCUT2D eigenvalue weighted by atomic mass is 9.89. The topological polar surface area (TPSA) is 26.3 Å². The number of Topliss-reactive ketones (excluding diaryl/α,β-unsaturated/α-hetero) is 1. The zero-order chi connectivity index (χ0) is 13.8. The number of ketones is 1. The van der Waals surface area contributed by atoms with Crippen LogP contribution in [-0.2, 0) is 4.74 Å². The van der Waals surface area contributed by atoms with Gasteiger partial charge in [0.05, 0.1) is 6.10 Å². The van der Waals surface area contributed by atoms with Crippen LogP contribution in [0.5, 0.6) is 0 Å². The SMILES string of the molecule is Cc1ccc(C(=O)COC2CCC(C)CC2)c(C)c1. The van der Waals surface area contributed by atoms with Crippen LogP contribution >= 0.6 is 0 Å². The van der Waals surface area contributed by atoms with Crippen molar-refractivity contribution in [2.24, 2.45) is 5.92 Å². The molecule has 0 unspecified atom stereocenters. The molecule has 1 aromatic rings. The fraction of sp³-hybridized carbons (Fsp3) is 0.588. The maximum absolute atomic E-state index is 12.2. The predicted octanol–water partition coefficient (Wildman–Crippen LogP) is 4.08. The molecule has 0 atom stereocenters. The second-order valence-corrected chi connectivity index (χ2v) is 5.93. The first-order valence-corrected chi connectivity index (χ1v) is 7.28. The molecule has 1 fully saturated rings. The van der Waals surface area contributed by atoms with Gasteiger partial charge in [-0.3, -0.25) is 4.79 Å². The lowest BCUT2D eigenvalue weighted by Crippen LogP contribution is -2.23. The Hall–Kier alpha value is -1.15. The standard InChI is InChI=1S/C17H24O2/c1-12-4-7-15(8-5-12)19-11-17(18)16-9-6-13(2)10-14(16)3/h6,9-10,12,15H,4-5,7-8,11H2,1-3H3. The molecule has 2 rings (SSSR count). The summed E-state index contributed by atoms with van der Waals surface area (Å²) in [4.78, 5) is 12.2. The van der Waals surface area contributed by atoms with Crippen LogP contribution < -0.4 is 0 Å². The van der Waals surface area contributed by atoms with Gasteiger partial charge in [0, 0.05) is 5.56 Å². The quantitative estimate of drug-likeness (QED) is 0.762. The van der Waals surface area contributed by atoms with E-state index in [9.17, 15) is 4.79 Å². The van der Waals surface area contributed by atoms with Gasteiger partial charge in [0.25, 0.3) is 0 Å². The second kappa shape index (κ2) is 6.33. The Labute approximate surface area is 116 Å². The second-order valence-electron chi connectivity index (χ2n) is 5.93. The molecule has 0 aliphatic heterocycles. The smallest absolute Gasteiger partial charge is 0.188 e. The average Bonchev–Trinajstić information content (AvgIpc) is 2.37. The van der Waals surface area contributed by atoms with Crippen molar-refractivity contribution in [2.45, 2.75) is 52.6 Å². The largest absolute Gasteiger partial charge is 0.370 e. The highest BCUT2D eigenvalue weighted by atomic mass is 16.5. The third-order valence-corrected chi connectivity index (χ3v) is 4.10. The number of ether oxygens (including phenoxy) is 1. The van der Waals surface area contributed by atoms with Crippen molar-refractivity contribution >= 4 is 5.78 Å². The number of carbonyl (C=O) groups is 1. The van der Waals surface area contributed by atoms with Crippen molar-refractivity contribution in [3.05, 3.63) is 34.9 Å². The molecule has 0 bridgehead atoms. The molecule has 0 aromatic heterocycles. The van der Waals surface area contributed by atoms with Gasteiger partial charge in [0.15, 0.2) is 5.78 Å². The van der Waals surface area contributed by atoms with Gasteiger partial charge in [0.2, 0.25) is 0 Å². The van der Waals surface area contributed by atoms with Gasteiger partial charge in [-0.25, -0.2) is 0 Å². The molecule has 1 aromatic carbocycles. The summed E-state index contributed by atoms with van der Waals surface area (Å²) in [5.74, 6) is 0.922. The number of carbonyl (C=O) groups excluding carboxylic acids is 1. The predicted molar refractivity (Wildman–Crippen MR) is 77.6 cm³/mol. The number of rotatable bonds is 4. The Balaban J connectivity index is 1.87.